The molecule has 2 fully saturated rings. The maximum atomic E-state index is 5.57. The molecule has 1 aliphatic heterocycles. The highest BCUT2D eigenvalue weighted by Gasteiger charge is 2.50. The van der Waals surface area contributed by atoms with Gasteiger partial charge in [0.1, 0.15) is 0 Å². The van der Waals surface area contributed by atoms with Crippen molar-refractivity contribution in [2.24, 2.45) is 5.92 Å². The van der Waals surface area contributed by atoms with E-state index in [1.54, 1.807) is 14.2 Å². The average Bonchev–Trinajstić information content (AvgIpc) is 3.35. The first kappa shape index (κ1) is 14.4. The first-order valence-corrected chi connectivity index (χ1v) is 8.77. The van der Waals surface area contributed by atoms with Crippen molar-refractivity contribution in [2.75, 3.05) is 20.8 Å². The number of fused-ring (bicyclic) bond motifs is 2. The van der Waals surface area contributed by atoms with E-state index in [4.69, 9.17) is 9.47 Å². The Balaban J connectivity index is 1.76. The fourth-order valence-corrected chi connectivity index (χ4v) is 4.61. The smallest absolute Gasteiger partial charge is 0.161 e. The van der Waals surface area contributed by atoms with Crippen molar-refractivity contribution in [1.82, 2.24) is 5.32 Å². The van der Waals surface area contributed by atoms with Gasteiger partial charge < -0.3 is 14.8 Å². The lowest BCUT2D eigenvalue weighted by Crippen LogP contribution is -2.41. The lowest BCUT2D eigenvalue weighted by molar-refractivity contribution is 0.252. The maximum Gasteiger partial charge on any atom is 0.161 e. The molecule has 22 heavy (non-hydrogen) atoms. The molecule has 1 unspecified atom stereocenters. The summed E-state index contributed by atoms with van der Waals surface area (Å²) in [6, 6.07) is 5.01. The molecule has 1 N–H and O–H groups in total. The third-order valence-corrected chi connectivity index (χ3v) is 6.10. The molecule has 4 rings (SSSR count). The quantitative estimate of drug-likeness (QED) is 0.916. The van der Waals surface area contributed by atoms with Crippen molar-refractivity contribution in [2.45, 2.75) is 56.4 Å². The van der Waals surface area contributed by atoms with Crippen LogP contribution in [0.3, 0.4) is 0 Å². The molecular formula is C19H27NO2. The number of methoxy groups -OCH3 is 2. The lowest BCUT2D eigenvalue weighted by atomic mass is 9.75. The minimum atomic E-state index is 0.375. The molecule has 1 aromatic rings. The second-order valence-corrected chi connectivity index (χ2v) is 7.33. The predicted molar refractivity (Wildman–Crippen MR) is 87.8 cm³/mol. The Morgan fingerprint density at radius 3 is 2.32 bits per heavy atom. The largest absolute Gasteiger partial charge is 0.493 e. The van der Waals surface area contributed by atoms with Gasteiger partial charge in [-0.15, -0.1) is 0 Å². The zero-order valence-electron chi connectivity index (χ0n) is 13.8. The summed E-state index contributed by atoms with van der Waals surface area (Å²) in [5.41, 5.74) is 3.38. The summed E-state index contributed by atoms with van der Waals surface area (Å²) >= 11 is 0. The Morgan fingerprint density at radius 1 is 1.00 bits per heavy atom. The number of hydrogen-bond acceptors (Lipinski definition) is 3. The zero-order valence-corrected chi connectivity index (χ0v) is 13.8. The number of nitrogens with one attached hydrogen (secondary N) is 1. The molecule has 1 spiro atoms. The standard InChI is InChI=1S/C19H27NO2/c1-21-16-10-14-15(11-17(16)22-2)19(8-9-19)12-20-18(14)13-6-4-3-5-7-13/h10-11,13,18,20H,3-9,12H2,1-2H3. The van der Waals surface area contributed by atoms with Crippen LogP contribution in [0.1, 0.15) is 62.1 Å². The van der Waals surface area contributed by atoms with E-state index in [0.717, 1.165) is 24.0 Å². The number of rotatable bonds is 3. The second kappa shape index (κ2) is 5.45. The van der Waals surface area contributed by atoms with E-state index < -0.39 is 0 Å². The highest BCUT2D eigenvalue weighted by Crippen LogP contribution is 2.55. The molecular weight excluding hydrogens is 274 g/mol. The molecule has 120 valence electrons. The number of ether oxygens (including phenoxy) is 2. The topological polar surface area (TPSA) is 30.5 Å². The first-order chi connectivity index (χ1) is 10.8. The van der Waals surface area contributed by atoms with Crippen LogP contribution in [0.2, 0.25) is 0 Å². The average molecular weight is 301 g/mol. The van der Waals surface area contributed by atoms with Crippen LogP contribution in [-0.2, 0) is 5.41 Å². The Morgan fingerprint density at radius 2 is 1.68 bits per heavy atom. The summed E-state index contributed by atoms with van der Waals surface area (Å²) < 4.78 is 11.1. The molecule has 0 amide bonds. The molecule has 1 atom stereocenters. The summed E-state index contributed by atoms with van der Waals surface area (Å²) in [4.78, 5) is 0. The molecule has 2 saturated carbocycles. The van der Waals surface area contributed by atoms with Gasteiger partial charge in [-0.1, -0.05) is 19.3 Å². The highest BCUT2D eigenvalue weighted by atomic mass is 16.5. The third kappa shape index (κ3) is 2.21. The van der Waals surface area contributed by atoms with Crippen LogP contribution in [0.25, 0.3) is 0 Å². The van der Waals surface area contributed by atoms with E-state index in [-0.39, 0.29) is 0 Å². The van der Waals surface area contributed by atoms with E-state index >= 15 is 0 Å². The van der Waals surface area contributed by atoms with Crippen LogP contribution < -0.4 is 14.8 Å². The van der Waals surface area contributed by atoms with Gasteiger partial charge in [0.15, 0.2) is 11.5 Å². The molecule has 1 aromatic carbocycles. The molecule has 1 heterocycles. The summed E-state index contributed by atoms with van der Waals surface area (Å²) in [6.07, 6.45) is 9.51. The Kier molecular flexibility index (Phi) is 3.56. The van der Waals surface area contributed by atoms with Crippen molar-refractivity contribution >= 4 is 0 Å². The molecule has 3 aliphatic rings. The molecule has 0 aromatic heterocycles. The van der Waals surface area contributed by atoms with E-state index in [9.17, 15) is 0 Å². The predicted octanol–water partition coefficient (Wildman–Crippen LogP) is 3.96. The van der Waals surface area contributed by atoms with Crippen molar-refractivity contribution < 1.29 is 9.47 Å². The van der Waals surface area contributed by atoms with Crippen LogP contribution >= 0.6 is 0 Å². The van der Waals surface area contributed by atoms with E-state index in [1.165, 1.54) is 56.1 Å². The van der Waals surface area contributed by atoms with Crippen molar-refractivity contribution in [3.8, 4) is 11.5 Å². The monoisotopic (exact) mass is 301 g/mol. The van der Waals surface area contributed by atoms with Gasteiger partial charge in [0, 0.05) is 18.0 Å². The fraction of sp³-hybridized carbons (Fsp3) is 0.684. The molecule has 0 saturated heterocycles. The third-order valence-electron chi connectivity index (χ3n) is 6.10. The highest BCUT2D eigenvalue weighted by molar-refractivity contribution is 5.54. The molecule has 3 nitrogen and oxygen atoms in total. The zero-order chi connectivity index (χ0) is 15.2. The summed E-state index contributed by atoms with van der Waals surface area (Å²) in [5, 5.41) is 3.89. The van der Waals surface area contributed by atoms with Gasteiger partial charge in [0.2, 0.25) is 0 Å². The first-order valence-electron chi connectivity index (χ1n) is 8.77. The van der Waals surface area contributed by atoms with Gasteiger partial charge in [-0.2, -0.15) is 0 Å². The van der Waals surface area contributed by atoms with Crippen LogP contribution in [0, 0.1) is 5.92 Å². The van der Waals surface area contributed by atoms with Crippen molar-refractivity contribution in [3.05, 3.63) is 23.3 Å². The second-order valence-electron chi connectivity index (χ2n) is 7.33. The molecule has 0 radical (unpaired) electrons. The van der Waals surface area contributed by atoms with Crippen LogP contribution in [-0.4, -0.2) is 20.8 Å². The summed E-state index contributed by atoms with van der Waals surface area (Å²) in [6.45, 7) is 1.14. The van der Waals surface area contributed by atoms with E-state index in [2.05, 4.69) is 17.4 Å². The Bertz CT molecular complexity index is 559. The SMILES string of the molecule is COc1cc2c(cc1OC)C1(CC1)CNC2C1CCCCC1. The Hall–Kier alpha value is -1.22. The van der Waals surface area contributed by atoms with Gasteiger partial charge in [-0.3, -0.25) is 0 Å². The van der Waals surface area contributed by atoms with Crippen molar-refractivity contribution in [1.29, 1.82) is 0 Å². The van der Waals surface area contributed by atoms with Gasteiger partial charge in [-0.25, -0.2) is 0 Å². The minimum Gasteiger partial charge on any atom is -0.493 e. The van der Waals surface area contributed by atoms with E-state index in [1.807, 2.05) is 0 Å². The van der Waals surface area contributed by atoms with Gasteiger partial charge in [0.05, 0.1) is 14.2 Å². The Labute approximate surface area is 133 Å². The minimum absolute atomic E-state index is 0.375. The molecule has 3 heteroatoms. The summed E-state index contributed by atoms with van der Waals surface area (Å²) in [5.74, 6) is 2.54. The summed E-state index contributed by atoms with van der Waals surface area (Å²) in [7, 11) is 3.48. The van der Waals surface area contributed by atoms with Crippen LogP contribution in [0.4, 0.5) is 0 Å². The number of benzene rings is 1. The van der Waals surface area contributed by atoms with Crippen LogP contribution in [0.5, 0.6) is 11.5 Å². The van der Waals surface area contributed by atoms with Crippen molar-refractivity contribution in [3.63, 3.8) is 0 Å². The van der Waals surface area contributed by atoms with Gasteiger partial charge in [0.25, 0.3) is 0 Å². The molecule has 0 bridgehead atoms. The van der Waals surface area contributed by atoms with Gasteiger partial charge >= 0.3 is 0 Å². The molecule has 2 aliphatic carbocycles. The van der Waals surface area contributed by atoms with Gasteiger partial charge in [-0.05, 0) is 54.9 Å². The van der Waals surface area contributed by atoms with E-state index in [0.29, 0.717) is 11.5 Å². The maximum absolute atomic E-state index is 5.57. The normalized spacial score (nSPS) is 26.5. The fourth-order valence-electron chi connectivity index (χ4n) is 4.61. The van der Waals surface area contributed by atoms with Crippen LogP contribution in [0.15, 0.2) is 12.1 Å². The number of hydrogen-bond donors (Lipinski definition) is 1. The lowest BCUT2D eigenvalue weighted by Gasteiger charge is -2.39.